The summed E-state index contributed by atoms with van der Waals surface area (Å²) in [5, 5.41) is 2.81. The molecule has 0 bridgehead atoms. The number of aromatic nitrogens is 1. The molecule has 122 valence electrons. The van der Waals surface area contributed by atoms with Crippen molar-refractivity contribution >= 4 is 5.91 Å². The normalized spacial score (nSPS) is 13.2. The molecule has 0 fully saturated rings. The van der Waals surface area contributed by atoms with Crippen LogP contribution in [0.15, 0.2) is 42.6 Å². The first-order valence-electron chi connectivity index (χ1n) is 7.14. The van der Waals surface area contributed by atoms with Gasteiger partial charge in [0.05, 0.1) is 13.2 Å². The Hall–Kier alpha value is -2.47. The van der Waals surface area contributed by atoms with Crippen LogP contribution in [0.4, 0.5) is 4.39 Å². The maximum absolute atomic E-state index is 13.1. The minimum absolute atomic E-state index is 0.217. The zero-order chi connectivity index (χ0) is 16.8. The summed E-state index contributed by atoms with van der Waals surface area (Å²) in [5.74, 6) is -0.328. The van der Waals surface area contributed by atoms with Crippen LogP contribution in [0.3, 0.4) is 0 Å². The summed E-state index contributed by atoms with van der Waals surface area (Å²) < 4.78 is 23.7. The number of hydrogen-bond donors (Lipinski definition) is 1. The van der Waals surface area contributed by atoms with Gasteiger partial charge in [0.1, 0.15) is 11.9 Å². The quantitative estimate of drug-likeness (QED) is 0.832. The number of carbonyl (C=O) groups is 1. The van der Waals surface area contributed by atoms with Crippen LogP contribution in [-0.2, 0) is 4.74 Å². The molecule has 0 saturated carbocycles. The molecule has 0 unspecified atom stereocenters. The topological polar surface area (TPSA) is 60.5 Å². The molecule has 0 aliphatic heterocycles. The lowest BCUT2D eigenvalue weighted by atomic mass is 10.0. The van der Waals surface area contributed by atoms with Gasteiger partial charge in [0.25, 0.3) is 5.91 Å². The lowest BCUT2D eigenvalue weighted by Crippen LogP contribution is -2.37. The van der Waals surface area contributed by atoms with Gasteiger partial charge in [0.15, 0.2) is 0 Å². The number of nitrogens with one attached hydrogen (secondary N) is 1. The zero-order valence-electron chi connectivity index (χ0n) is 13.2. The van der Waals surface area contributed by atoms with E-state index in [9.17, 15) is 9.18 Å². The minimum atomic E-state index is -0.691. The average Bonchev–Trinajstić information content (AvgIpc) is 2.56. The highest BCUT2D eigenvalue weighted by Crippen LogP contribution is 2.23. The number of carbonyl (C=O) groups excluding carboxylic acids is 1. The highest BCUT2D eigenvalue weighted by Gasteiger charge is 2.21. The van der Waals surface area contributed by atoms with Gasteiger partial charge in [-0.15, -0.1) is 0 Å². The first kappa shape index (κ1) is 16.9. The molecule has 1 heterocycles. The van der Waals surface area contributed by atoms with Gasteiger partial charge < -0.3 is 14.8 Å². The molecule has 0 spiro atoms. The highest BCUT2D eigenvalue weighted by molar-refractivity contribution is 5.94. The van der Waals surface area contributed by atoms with Crippen molar-refractivity contribution in [3.63, 3.8) is 0 Å². The predicted octanol–water partition coefficient (Wildman–Crippen LogP) is 2.74. The number of halogens is 1. The third kappa shape index (κ3) is 4.26. The van der Waals surface area contributed by atoms with E-state index in [4.69, 9.17) is 9.47 Å². The van der Waals surface area contributed by atoms with E-state index < -0.39 is 5.95 Å². The molecule has 1 aromatic heterocycles. The van der Waals surface area contributed by atoms with Crippen molar-refractivity contribution < 1.29 is 18.7 Å². The molecular formula is C17H19FN2O3. The number of ether oxygens (including phenoxy) is 2. The van der Waals surface area contributed by atoms with Crippen molar-refractivity contribution in [2.75, 3.05) is 14.2 Å². The molecule has 0 aliphatic carbocycles. The summed E-state index contributed by atoms with van der Waals surface area (Å²) in [6.07, 6.45) is 0.920. The monoisotopic (exact) mass is 318 g/mol. The molecule has 1 N–H and O–H groups in total. The van der Waals surface area contributed by atoms with Crippen LogP contribution in [0, 0.1) is 5.95 Å². The maximum atomic E-state index is 13.1. The largest absolute Gasteiger partial charge is 0.497 e. The van der Waals surface area contributed by atoms with Gasteiger partial charge in [0.2, 0.25) is 5.95 Å². The Morgan fingerprint density at radius 2 is 1.91 bits per heavy atom. The van der Waals surface area contributed by atoms with Crippen LogP contribution in [0.25, 0.3) is 0 Å². The molecule has 1 aromatic carbocycles. The SMILES string of the molecule is COc1ccc([C@H](OC)[C@@H](C)NC(=O)c2ccnc(F)c2)cc1. The second kappa shape index (κ2) is 7.69. The van der Waals surface area contributed by atoms with Gasteiger partial charge in [-0.1, -0.05) is 12.1 Å². The van der Waals surface area contributed by atoms with Gasteiger partial charge >= 0.3 is 0 Å². The third-order valence-corrected chi connectivity index (χ3v) is 3.50. The summed E-state index contributed by atoms with van der Waals surface area (Å²) in [4.78, 5) is 15.6. The zero-order valence-corrected chi connectivity index (χ0v) is 13.2. The molecule has 2 atom stereocenters. The summed E-state index contributed by atoms with van der Waals surface area (Å²) in [7, 11) is 3.17. The molecule has 5 nitrogen and oxygen atoms in total. The Labute approximate surface area is 134 Å². The Kier molecular flexibility index (Phi) is 5.65. The summed E-state index contributed by atoms with van der Waals surface area (Å²) in [6.45, 7) is 1.83. The molecule has 6 heteroatoms. The third-order valence-electron chi connectivity index (χ3n) is 3.50. The summed E-state index contributed by atoms with van der Waals surface area (Å²) >= 11 is 0. The van der Waals surface area contributed by atoms with E-state index in [2.05, 4.69) is 10.3 Å². The van der Waals surface area contributed by atoms with Gasteiger partial charge in [-0.2, -0.15) is 4.39 Å². The lowest BCUT2D eigenvalue weighted by Gasteiger charge is -2.24. The Morgan fingerprint density at radius 1 is 1.22 bits per heavy atom. The predicted molar refractivity (Wildman–Crippen MR) is 83.9 cm³/mol. The second-order valence-electron chi connectivity index (χ2n) is 5.06. The molecular weight excluding hydrogens is 299 g/mol. The van der Waals surface area contributed by atoms with Gasteiger partial charge in [-0.25, -0.2) is 4.98 Å². The second-order valence-corrected chi connectivity index (χ2v) is 5.06. The summed E-state index contributed by atoms with van der Waals surface area (Å²) in [5.41, 5.74) is 1.12. The smallest absolute Gasteiger partial charge is 0.251 e. The van der Waals surface area contributed by atoms with E-state index in [1.807, 2.05) is 31.2 Å². The van der Waals surface area contributed by atoms with Crippen molar-refractivity contribution in [2.24, 2.45) is 0 Å². The highest BCUT2D eigenvalue weighted by atomic mass is 19.1. The van der Waals surface area contributed by atoms with Crippen LogP contribution < -0.4 is 10.1 Å². The minimum Gasteiger partial charge on any atom is -0.497 e. The molecule has 23 heavy (non-hydrogen) atoms. The molecule has 0 saturated heterocycles. The number of pyridine rings is 1. The van der Waals surface area contributed by atoms with Crippen molar-refractivity contribution in [1.29, 1.82) is 0 Å². The van der Waals surface area contributed by atoms with Crippen LogP contribution >= 0.6 is 0 Å². The fourth-order valence-corrected chi connectivity index (χ4v) is 2.33. The van der Waals surface area contributed by atoms with Crippen LogP contribution in [-0.4, -0.2) is 31.2 Å². The molecule has 2 rings (SSSR count). The molecule has 1 amide bonds. The van der Waals surface area contributed by atoms with Crippen molar-refractivity contribution in [1.82, 2.24) is 10.3 Å². The fourth-order valence-electron chi connectivity index (χ4n) is 2.33. The lowest BCUT2D eigenvalue weighted by molar-refractivity contribution is 0.0644. The average molecular weight is 318 g/mol. The van der Waals surface area contributed by atoms with Crippen molar-refractivity contribution in [3.8, 4) is 5.75 Å². The first-order valence-corrected chi connectivity index (χ1v) is 7.14. The Bertz CT molecular complexity index is 661. The van der Waals surface area contributed by atoms with Crippen molar-refractivity contribution in [2.45, 2.75) is 19.1 Å². The van der Waals surface area contributed by atoms with E-state index in [1.165, 1.54) is 12.3 Å². The van der Waals surface area contributed by atoms with Crippen molar-refractivity contribution in [3.05, 3.63) is 59.7 Å². The number of amides is 1. The van der Waals surface area contributed by atoms with Gasteiger partial charge in [0, 0.05) is 24.9 Å². The summed E-state index contributed by atoms with van der Waals surface area (Å²) in [6, 6.07) is 9.65. The maximum Gasteiger partial charge on any atom is 0.251 e. The van der Waals surface area contributed by atoms with E-state index in [0.29, 0.717) is 0 Å². The number of benzene rings is 1. The number of hydrogen-bond acceptors (Lipinski definition) is 4. The van der Waals surface area contributed by atoms with Crippen LogP contribution in [0.2, 0.25) is 0 Å². The standard InChI is InChI=1S/C17H19FN2O3/c1-11(20-17(21)13-8-9-19-15(18)10-13)16(23-3)12-4-6-14(22-2)7-5-12/h4-11,16H,1-3H3,(H,20,21)/t11-,16-/m1/s1. The van der Waals surface area contributed by atoms with E-state index in [-0.39, 0.29) is 23.6 Å². The Balaban J connectivity index is 2.09. The number of methoxy groups -OCH3 is 2. The molecule has 0 aliphatic rings. The first-order chi connectivity index (χ1) is 11.0. The van der Waals surface area contributed by atoms with Crippen LogP contribution in [0.1, 0.15) is 28.9 Å². The molecule has 2 aromatic rings. The van der Waals surface area contributed by atoms with E-state index in [0.717, 1.165) is 17.4 Å². The van der Waals surface area contributed by atoms with E-state index >= 15 is 0 Å². The number of rotatable bonds is 6. The molecule has 0 radical (unpaired) electrons. The van der Waals surface area contributed by atoms with E-state index in [1.54, 1.807) is 14.2 Å². The Morgan fingerprint density at radius 3 is 2.48 bits per heavy atom. The van der Waals surface area contributed by atoms with Crippen LogP contribution in [0.5, 0.6) is 5.75 Å². The fraction of sp³-hybridized carbons (Fsp3) is 0.294. The van der Waals surface area contributed by atoms with Gasteiger partial charge in [-0.05, 0) is 30.7 Å². The number of nitrogens with zero attached hydrogens (tertiary/aromatic N) is 1. The van der Waals surface area contributed by atoms with Gasteiger partial charge in [-0.3, -0.25) is 4.79 Å².